The van der Waals surface area contributed by atoms with E-state index in [9.17, 15) is 0 Å². The summed E-state index contributed by atoms with van der Waals surface area (Å²) in [6.07, 6.45) is 3.43. The van der Waals surface area contributed by atoms with Crippen LogP contribution in [-0.4, -0.2) is 19.8 Å². The third kappa shape index (κ3) is 3.45. The van der Waals surface area contributed by atoms with Crippen LogP contribution in [0.2, 0.25) is 0 Å². The summed E-state index contributed by atoms with van der Waals surface area (Å²) in [6, 6.07) is 19.0. The summed E-state index contributed by atoms with van der Waals surface area (Å²) < 4.78 is 11.5. The molecule has 1 heterocycles. The van der Waals surface area contributed by atoms with E-state index in [-0.39, 0.29) is 0 Å². The van der Waals surface area contributed by atoms with Gasteiger partial charge < -0.3 is 9.47 Å². The van der Waals surface area contributed by atoms with E-state index in [2.05, 4.69) is 48.5 Å². The van der Waals surface area contributed by atoms with Crippen molar-refractivity contribution in [3.8, 4) is 5.75 Å². The molecule has 1 aliphatic heterocycles. The summed E-state index contributed by atoms with van der Waals surface area (Å²) in [7, 11) is 1.75. The minimum Gasteiger partial charge on any atom is -0.496 e. The van der Waals surface area contributed by atoms with Gasteiger partial charge >= 0.3 is 0 Å². The molecule has 3 rings (SSSR count). The van der Waals surface area contributed by atoms with Crippen molar-refractivity contribution >= 4 is 0 Å². The highest BCUT2D eigenvalue weighted by atomic mass is 16.5. The third-order valence-electron chi connectivity index (χ3n) is 4.25. The van der Waals surface area contributed by atoms with Gasteiger partial charge in [0.05, 0.1) is 13.2 Å². The Labute approximate surface area is 126 Å². The van der Waals surface area contributed by atoms with E-state index in [1.807, 2.05) is 6.07 Å². The molecular formula is C19H22O2. The largest absolute Gasteiger partial charge is 0.496 e. The number of benzene rings is 2. The molecule has 1 saturated heterocycles. The molecule has 0 radical (unpaired) electrons. The molecule has 2 atom stereocenters. The minimum atomic E-state index is 0.302. The van der Waals surface area contributed by atoms with Crippen molar-refractivity contribution < 1.29 is 9.47 Å². The second-order valence-electron chi connectivity index (χ2n) is 5.65. The molecule has 110 valence electrons. The van der Waals surface area contributed by atoms with Crippen molar-refractivity contribution in [2.45, 2.75) is 31.3 Å². The number of ether oxygens (including phenoxy) is 2. The van der Waals surface area contributed by atoms with Crippen LogP contribution in [0.3, 0.4) is 0 Å². The monoisotopic (exact) mass is 282 g/mol. The molecule has 2 heteroatoms. The molecule has 0 spiro atoms. The maximum absolute atomic E-state index is 5.97. The van der Waals surface area contributed by atoms with E-state index < -0.39 is 0 Å². The smallest absolute Gasteiger partial charge is 0.122 e. The third-order valence-corrected chi connectivity index (χ3v) is 4.25. The SMILES string of the molecule is COc1ccccc1[C@H]1CCO[C@@H](Cc2ccccc2)C1. The van der Waals surface area contributed by atoms with Gasteiger partial charge in [0, 0.05) is 6.61 Å². The maximum atomic E-state index is 5.97. The molecule has 0 amide bonds. The number of hydrogen-bond acceptors (Lipinski definition) is 2. The molecule has 2 nitrogen and oxygen atoms in total. The van der Waals surface area contributed by atoms with E-state index in [1.165, 1.54) is 11.1 Å². The molecule has 1 fully saturated rings. The standard InChI is InChI=1S/C19H22O2/c1-20-19-10-6-5-9-18(19)16-11-12-21-17(14-16)13-15-7-3-2-4-8-15/h2-10,16-17H,11-14H2,1H3/t16-,17-/m0/s1. The molecule has 0 N–H and O–H groups in total. The van der Waals surface area contributed by atoms with Gasteiger partial charge in [-0.15, -0.1) is 0 Å². The Morgan fingerprint density at radius 1 is 1.05 bits per heavy atom. The maximum Gasteiger partial charge on any atom is 0.122 e. The Balaban J connectivity index is 1.71. The predicted octanol–water partition coefficient (Wildman–Crippen LogP) is 4.20. The summed E-state index contributed by atoms with van der Waals surface area (Å²) in [5, 5.41) is 0. The highest BCUT2D eigenvalue weighted by Crippen LogP contribution is 2.36. The van der Waals surface area contributed by atoms with Crippen molar-refractivity contribution in [1.29, 1.82) is 0 Å². The summed E-state index contributed by atoms with van der Waals surface area (Å²) in [4.78, 5) is 0. The second-order valence-corrected chi connectivity index (χ2v) is 5.65. The first-order valence-electron chi connectivity index (χ1n) is 7.65. The molecular weight excluding hydrogens is 260 g/mol. The molecule has 2 aromatic carbocycles. The highest BCUT2D eigenvalue weighted by molar-refractivity contribution is 5.36. The molecule has 0 unspecified atom stereocenters. The number of methoxy groups -OCH3 is 1. The van der Waals surface area contributed by atoms with Crippen molar-refractivity contribution in [2.24, 2.45) is 0 Å². The zero-order chi connectivity index (χ0) is 14.5. The number of hydrogen-bond donors (Lipinski definition) is 0. The van der Waals surface area contributed by atoms with Crippen molar-refractivity contribution in [3.63, 3.8) is 0 Å². The van der Waals surface area contributed by atoms with Crippen LogP contribution in [-0.2, 0) is 11.2 Å². The lowest BCUT2D eigenvalue weighted by molar-refractivity contribution is 0.00699. The summed E-state index contributed by atoms with van der Waals surface area (Å²) in [5.74, 6) is 1.53. The fourth-order valence-electron chi connectivity index (χ4n) is 3.19. The Hall–Kier alpha value is -1.80. The van der Waals surface area contributed by atoms with Gasteiger partial charge in [-0.05, 0) is 42.4 Å². The first-order valence-corrected chi connectivity index (χ1v) is 7.65. The van der Waals surface area contributed by atoms with Gasteiger partial charge in [-0.25, -0.2) is 0 Å². The average Bonchev–Trinajstić information content (AvgIpc) is 2.56. The van der Waals surface area contributed by atoms with Crippen LogP contribution in [0.5, 0.6) is 5.75 Å². The van der Waals surface area contributed by atoms with E-state index >= 15 is 0 Å². The van der Waals surface area contributed by atoms with Gasteiger partial charge in [-0.1, -0.05) is 48.5 Å². The topological polar surface area (TPSA) is 18.5 Å². The van der Waals surface area contributed by atoms with E-state index in [4.69, 9.17) is 9.47 Å². The molecule has 0 bridgehead atoms. The highest BCUT2D eigenvalue weighted by Gasteiger charge is 2.25. The van der Waals surface area contributed by atoms with Crippen LogP contribution in [0, 0.1) is 0 Å². The first kappa shape index (κ1) is 14.2. The lowest BCUT2D eigenvalue weighted by Gasteiger charge is -2.30. The van der Waals surface area contributed by atoms with Crippen LogP contribution >= 0.6 is 0 Å². The minimum absolute atomic E-state index is 0.302. The Morgan fingerprint density at radius 2 is 1.81 bits per heavy atom. The molecule has 21 heavy (non-hydrogen) atoms. The van der Waals surface area contributed by atoms with Crippen LogP contribution in [0.25, 0.3) is 0 Å². The van der Waals surface area contributed by atoms with Crippen LogP contribution in [0.1, 0.15) is 29.9 Å². The number of para-hydroxylation sites is 1. The predicted molar refractivity (Wildman–Crippen MR) is 84.9 cm³/mol. The first-order chi connectivity index (χ1) is 10.4. The Morgan fingerprint density at radius 3 is 2.62 bits per heavy atom. The lowest BCUT2D eigenvalue weighted by atomic mass is 9.86. The normalized spacial score (nSPS) is 22.0. The van der Waals surface area contributed by atoms with Gasteiger partial charge in [0.2, 0.25) is 0 Å². The van der Waals surface area contributed by atoms with Gasteiger partial charge in [-0.2, -0.15) is 0 Å². The summed E-state index contributed by atoms with van der Waals surface area (Å²) in [6.45, 7) is 0.834. The fraction of sp³-hybridized carbons (Fsp3) is 0.368. The van der Waals surface area contributed by atoms with Crippen molar-refractivity contribution in [2.75, 3.05) is 13.7 Å². The average molecular weight is 282 g/mol. The van der Waals surface area contributed by atoms with Gasteiger partial charge in [-0.3, -0.25) is 0 Å². The Kier molecular flexibility index (Phi) is 4.56. The number of rotatable bonds is 4. The van der Waals surface area contributed by atoms with E-state index in [0.717, 1.165) is 31.6 Å². The van der Waals surface area contributed by atoms with Crippen LogP contribution in [0.4, 0.5) is 0 Å². The quantitative estimate of drug-likeness (QED) is 0.836. The lowest BCUT2D eigenvalue weighted by Crippen LogP contribution is -2.26. The van der Waals surface area contributed by atoms with E-state index in [1.54, 1.807) is 7.11 Å². The second kappa shape index (κ2) is 6.77. The zero-order valence-corrected chi connectivity index (χ0v) is 12.5. The van der Waals surface area contributed by atoms with E-state index in [0.29, 0.717) is 12.0 Å². The molecule has 0 aromatic heterocycles. The molecule has 0 saturated carbocycles. The molecule has 1 aliphatic rings. The molecule has 0 aliphatic carbocycles. The summed E-state index contributed by atoms with van der Waals surface area (Å²) >= 11 is 0. The van der Waals surface area contributed by atoms with Gasteiger partial charge in [0.25, 0.3) is 0 Å². The zero-order valence-electron chi connectivity index (χ0n) is 12.5. The van der Waals surface area contributed by atoms with Crippen molar-refractivity contribution in [3.05, 3.63) is 65.7 Å². The van der Waals surface area contributed by atoms with Gasteiger partial charge in [0.1, 0.15) is 5.75 Å². The van der Waals surface area contributed by atoms with Crippen LogP contribution < -0.4 is 4.74 Å². The van der Waals surface area contributed by atoms with Crippen LogP contribution in [0.15, 0.2) is 54.6 Å². The van der Waals surface area contributed by atoms with Crippen molar-refractivity contribution in [1.82, 2.24) is 0 Å². The molecule has 2 aromatic rings. The Bertz CT molecular complexity index is 565. The van der Waals surface area contributed by atoms with Gasteiger partial charge in [0.15, 0.2) is 0 Å². The fourth-order valence-corrected chi connectivity index (χ4v) is 3.19. The summed E-state index contributed by atoms with van der Waals surface area (Å²) in [5.41, 5.74) is 2.67.